The second-order valence-electron chi connectivity index (χ2n) is 6.72. The van der Waals surface area contributed by atoms with Crippen molar-refractivity contribution in [3.05, 3.63) is 53.3 Å². The van der Waals surface area contributed by atoms with E-state index in [4.69, 9.17) is 0 Å². The molecule has 128 valence electrons. The molecule has 1 aliphatic heterocycles. The number of hydrogen-bond donors (Lipinski definition) is 1. The molecule has 0 unspecified atom stereocenters. The largest absolute Gasteiger partial charge is 0.352 e. The van der Waals surface area contributed by atoms with Crippen LogP contribution in [0.25, 0.3) is 0 Å². The highest BCUT2D eigenvalue weighted by Crippen LogP contribution is 2.21. The van der Waals surface area contributed by atoms with Crippen LogP contribution >= 0.6 is 0 Å². The molecule has 2 aromatic rings. The van der Waals surface area contributed by atoms with Gasteiger partial charge in [0.05, 0.1) is 11.3 Å². The molecule has 1 N–H and O–H groups in total. The zero-order chi connectivity index (χ0) is 16.9. The summed E-state index contributed by atoms with van der Waals surface area (Å²) in [5.41, 5.74) is 2.83. The van der Waals surface area contributed by atoms with E-state index in [0.29, 0.717) is 11.5 Å². The highest BCUT2D eigenvalue weighted by atomic mass is 16.1. The van der Waals surface area contributed by atoms with E-state index < -0.39 is 0 Å². The molecule has 1 amide bonds. The molecular formula is C19H26N4O. The van der Waals surface area contributed by atoms with Crippen LogP contribution in [-0.2, 0) is 13.6 Å². The molecule has 1 atom stereocenters. The molecule has 1 aliphatic rings. The third kappa shape index (κ3) is 4.23. The van der Waals surface area contributed by atoms with Gasteiger partial charge in [0.25, 0.3) is 5.91 Å². The number of amides is 1. The van der Waals surface area contributed by atoms with Crippen molar-refractivity contribution >= 4 is 5.91 Å². The average Bonchev–Trinajstić information content (AvgIpc) is 3.14. The van der Waals surface area contributed by atoms with E-state index in [9.17, 15) is 4.79 Å². The predicted octanol–water partition coefficient (Wildman–Crippen LogP) is 2.37. The van der Waals surface area contributed by atoms with E-state index in [-0.39, 0.29) is 5.91 Å². The maximum absolute atomic E-state index is 12.2. The van der Waals surface area contributed by atoms with Gasteiger partial charge in [0, 0.05) is 32.9 Å². The molecule has 0 bridgehead atoms. The fraction of sp³-hybridized carbons (Fsp3) is 0.474. The summed E-state index contributed by atoms with van der Waals surface area (Å²) < 4.78 is 1.68. The third-order valence-electron chi connectivity index (χ3n) is 4.72. The van der Waals surface area contributed by atoms with Gasteiger partial charge in [-0.2, -0.15) is 5.10 Å². The fourth-order valence-electron chi connectivity index (χ4n) is 3.44. The van der Waals surface area contributed by atoms with Gasteiger partial charge in [-0.25, -0.2) is 0 Å². The Morgan fingerprint density at radius 1 is 1.33 bits per heavy atom. The quantitative estimate of drug-likeness (QED) is 0.887. The summed E-state index contributed by atoms with van der Waals surface area (Å²) in [5, 5.41) is 7.25. The molecular weight excluding hydrogens is 300 g/mol. The van der Waals surface area contributed by atoms with Gasteiger partial charge < -0.3 is 5.32 Å². The minimum Gasteiger partial charge on any atom is -0.352 e. The summed E-state index contributed by atoms with van der Waals surface area (Å²) in [6.07, 6.45) is 4.03. The summed E-state index contributed by atoms with van der Waals surface area (Å²) in [6.45, 7) is 5.90. The van der Waals surface area contributed by atoms with Crippen LogP contribution in [0.4, 0.5) is 0 Å². The number of aromatic nitrogens is 2. The van der Waals surface area contributed by atoms with Gasteiger partial charge >= 0.3 is 0 Å². The van der Waals surface area contributed by atoms with Crippen LogP contribution < -0.4 is 5.32 Å². The van der Waals surface area contributed by atoms with Crippen molar-refractivity contribution in [2.45, 2.75) is 26.3 Å². The van der Waals surface area contributed by atoms with Crippen molar-refractivity contribution in [3.8, 4) is 0 Å². The Labute approximate surface area is 143 Å². The Hall–Kier alpha value is -2.14. The van der Waals surface area contributed by atoms with Gasteiger partial charge in [-0.15, -0.1) is 0 Å². The summed E-state index contributed by atoms with van der Waals surface area (Å²) in [5.74, 6) is 0.656. The van der Waals surface area contributed by atoms with E-state index in [1.807, 2.05) is 14.0 Å². The van der Waals surface area contributed by atoms with Crippen LogP contribution in [0.3, 0.4) is 0 Å². The first kappa shape index (κ1) is 16.7. The summed E-state index contributed by atoms with van der Waals surface area (Å²) in [4.78, 5) is 14.7. The number of rotatable bonds is 6. The molecule has 1 fully saturated rings. The lowest BCUT2D eigenvalue weighted by atomic mass is 10.1. The molecule has 0 aliphatic carbocycles. The maximum Gasteiger partial charge on any atom is 0.254 e. The van der Waals surface area contributed by atoms with E-state index in [0.717, 1.165) is 38.3 Å². The summed E-state index contributed by atoms with van der Waals surface area (Å²) >= 11 is 0. The average molecular weight is 326 g/mol. The number of nitrogens with one attached hydrogen (secondary N) is 1. The van der Waals surface area contributed by atoms with E-state index in [2.05, 4.69) is 45.6 Å². The molecule has 0 saturated carbocycles. The Balaban J connectivity index is 1.40. The van der Waals surface area contributed by atoms with Crippen molar-refractivity contribution in [3.63, 3.8) is 0 Å². The summed E-state index contributed by atoms with van der Waals surface area (Å²) in [7, 11) is 1.84. The summed E-state index contributed by atoms with van der Waals surface area (Å²) in [6, 6.07) is 10.6. The lowest BCUT2D eigenvalue weighted by molar-refractivity contribution is 0.0951. The Kier molecular flexibility index (Phi) is 5.30. The van der Waals surface area contributed by atoms with E-state index >= 15 is 0 Å². The monoisotopic (exact) mass is 326 g/mol. The second kappa shape index (κ2) is 7.62. The van der Waals surface area contributed by atoms with Crippen LogP contribution in [0.1, 0.15) is 34.5 Å². The van der Waals surface area contributed by atoms with Crippen LogP contribution in [0.2, 0.25) is 0 Å². The molecule has 1 aromatic carbocycles. The number of hydrogen-bond acceptors (Lipinski definition) is 3. The van der Waals surface area contributed by atoms with Crippen molar-refractivity contribution in [2.75, 3.05) is 19.6 Å². The molecule has 24 heavy (non-hydrogen) atoms. The van der Waals surface area contributed by atoms with Crippen LogP contribution in [0.15, 0.2) is 36.5 Å². The zero-order valence-corrected chi connectivity index (χ0v) is 14.5. The molecule has 1 aromatic heterocycles. The van der Waals surface area contributed by atoms with Crippen LogP contribution in [0, 0.1) is 12.8 Å². The second-order valence-corrected chi connectivity index (χ2v) is 6.72. The minimum atomic E-state index is -0.0141. The van der Waals surface area contributed by atoms with E-state index in [1.165, 1.54) is 12.0 Å². The molecule has 5 nitrogen and oxygen atoms in total. The Bertz CT molecular complexity index is 680. The maximum atomic E-state index is 12.2. The minimum absolute atomic E-state index is 0.0141. The van der Waals surface area contributed by atoms with Gasteiger partial charge in [-0.05, 0) is 37.8 Å². The van der Waals surface area contributed by atoms with Gasteiger partial charge in [0.2, 0.25) is 0 Å². The first-order chi connectivity index (χ1) is 11.6. The number of aryl methyl sites for hydroxylation is 2. The van der Waals surface area contributed by atoms with Crippen LogP contribution in [-0.4, -0.2) is 40.2 Å². The molecule has 2 heterocycles. The van der Waals surface area contributed by atoms with Gasteiger partial charge in [-0.1, -0.05) is 30.3 Å². The first-order valence-corrected chi connectivity index (χ1v) is 8.66. The van der Waals surface area contributed by atoms with Crippen molar-refractivity contribution < 1.29 is 4.79 Å². The fourth-order valence-corrected chi connectivity index (χ4v) is 3.44. The lowest BCUT2D eigenvalue weighted by Crippen LogP contribution is -2.27. The zero-order valence-electron chi connectivity index (χ0n) is 14.5. The molecule has 1 saturated heterocycles. The molecule has 0 radical (unpaired) electrons. The smallest absolute Gasteiger partial charge is 0.254 e. The van der Waals surface area contributed by atoms with Crippen LogP contribution in [0.5, 0.6) is 0 Å². The van der Waals surface area contributed by atoms with Gasteiger partial charge in [0.15, 0.2) is 0 Å². The lowest BCUT2D eigenvalue weighted by Gasteiger charge is -2.16. The predicted molar refractivity (Wildman–Crippen MR) is 94.7 cm³/mol. The highest BCUT2D eigenvalue weighted by Gasteiger charge is 2.22. The van der Waals surface area contributed by atoms with E-state index in [1.54, 1.807) is 10.9 Å². The van der Waals surface area contributed by atoms with Crippen molar-refractivity contribution in [1.82, 2.24) is 20.0 Å². The molecule has 0 spiro atoms. The Morgan fingerprint density at radius 3 is 2.83 bits per heavy atom. The number of likely N-dealkylation sites (tertiary alicyclic amines) is 1. The Morgan fingerprint density at radius 2 is 2.12 bits per heavy atom. The third-order valence-corrected chi connectivity index (χ3v) is 4.72. The van der Waals surface area contributed by atoms with Gasteiger partial charge in [-0.3, -0.25) is 14.4 Å². The van der Waals surface area contributed by atoms with Gasteiger partial charge in [0.1, 0.15) is 0 Å². The van der Waals surface area contributed by atoms with Crippen molar-refractivity contribution in [1.29, 1.82) is 0 Å². The van der Waals surface area contributed by atoms with Crippen molar-refractivity contribution in [2.24, 2.45) is 13.0 Å². The topological polar surface area (TPSA) is 50.2 Å². The number of nitrogens with zero attached hydrogens (tertiary/aromatic N) is 3. The molecule has 5 heteroatoms. The SMILES string of the molecule is Cc1nn(C)cc1C(=O)NCC[C@H]1CCN(Cc2ccccc2)C1. The number of carbonyl (C=O) groups is 1. The number of benzene rings is 1. The normalized spacial score (nSPS) is 18.0. The highest BCUT2D eigenvalue weighted by molar-refractivity contribution is 5.94. The molecule has 3 rings (SSSR count). The first-order valence-electron chi connectivity index (χ1n) is 8.66. The standard InChI is InChI=1S/C19H26N4O/c1-15-18(14-22(2)21-15)19(24)20-10-8-17-9-11-23(13-17)12-16-6-4-3-5-7-16/h3-7,14,17H,8-13H2,1-2H3,(H,20,24)/t17-/m0/s1. The number of carbonyl (C=O) groups excluding carboxylic acids is 1.